The lowest BCUT2D eigenvalue weighted by molar-refractivity contribution is 0.613. The number of pyridine rings is 1. The summed E-state index contributed by atoms with van der Waals surface area (Å²) >= 11 is 0. The molecule has 0 spiro atoms. The molecule has 140 valence electrons. The summed E-state index contributed by atoms with van der Waals surface area (Å²) in [7, 11) is 1.71. The number of imidazole rings is 1. The minimum Gasteiger partial charge on any atom is -0.356 e. The van der Waals surface area contributed by atoms with Crippen molar-refractivity contribution in [1.82, 2.24) is 25.2 Å². The summed E-state index contributed by atoms with van der Waals surface area (Å²) in [6.07, 6.45) is 5.99. The molecule has 2 N–H and O–H groups in total. The van der Waals surface area contributed by atoms with E-state index >= 15 is 0 Å². The molecule has 1 aromatic carbocycles. The highest BCUT2D eigenvalue weighted by molar-refractivity contribution is 5.79. The number of hydrogen-bond acceptors (Lipinski definition) is 3. The molecule has 7 heteroatoms. The van der Waals surface area contributed by atoms with Crippen molar-refractivity contribution in [2.75, 3.05) is 13.6 Å². The third-order valence-corrected chi connectivity index (χ3v) is 4.18. The molecule has 6 nitrogen and oxygen atoms in total. The van der Waals surface area contributed by atoms with E-state index in [1.165, 1.54) is 6.07 Å². The molecule has 0 saturated heterocycles. The largest absolute Gasteiger partial charge is 0.356 e. The molecule has 0 aliphatic heterocycles. The fourth-order valence-electron chi connectivity index (χ4n) is 2.75. The molecule has 27 heavy (non-hydrogen) atoms. The first-order chi connectivity index (χ1) is 13.2. The van der Waals surface area contributed by atoms with Crippen molar-refractivity contribution < 1.29 is 4.39 Å². The Balaban J connectivity index is 1.54. The molecule has 0 saturated carbocycles. The van der Waals surface area contributed by atoms with Crippen molar-refractivity contribution in [1.29, 1.82) is 0 Å². The number of halogens is 1. The van der Waals surface area contributed by atoms with Gasteiger partial charge in [0.05, 0.1) is 5.69 Å². The lowest BCUT2D eigenvalue weighted by atomic mass is 10.2. The number of hydrogen-bond donors (Lipinski definition) is 2. The Morgan fingerprint density at radius 2 is 2.04 bits per heavy atom. The van der Waals surface area contributed by atoms with Crippen LogP contribution in [0.3, 0.4) is 0 Å². The predicted molar refractivity (Wildman–Crippen MR) is 104 cm³/mol. The zero-order chi connectivity index (χ0) is 19.1. The molecule has 0 unspecified atom stereocenters. The molecule has 3 rings (SSSR count). The molecule has 0 atom stereocenters. The Morgan fingerprint density at radius 1 is 1.15 bits per heavy atom. The van der Waals surface area contributed by atoms with Gasteiger partial charge in [0.2, 0.25) is 0 Å². The van der Waals surface area contributed by atoms with Crippen molar-refractivity contribution in [3.63, 3.8) is 0 Å². The second-order valence-corrected chi connectivity index (χ2v) is 6.05. The number of nitrogens with zero attached hydrogens (tertiary/aromatic N) is 4. The second-order valence-electron chi connectivity index (χ2n) is 6.05. The smallest absolute Gasteiger partial charge is 0.191 e. The van der Waals surface area contributed by atoms with Crippen LogP contribution in [0.25, 0.3) is 5.69 Å². The molecule has 2 heterocycles. The van der Waals surface area contributed by atoms with Crippen molar-refractivity contribution >= 4 is 5.96 Å². The van der Waals surface area contributed by atoms with Gasteiger partial charge in [0, 0.05) is 50.8 Å². The first-order valence-electron chi connectivity index (χ1n) is 8.80. The molecule has 2 aromatic heterocycles. The number of nitrogens with one attached hydrogen (secondary N) is 2. The van der Waals surface area contributed by atoms with Gasteiger partial charge in [-0.25, -0.2) is 9.37 Å². The van der Waals surface area contributed by atoms with Gasteiger partial charge in [-0.2, -0.15) is 0 Å². The van der Waals surface area contributed by atoms with Gasteiger partial charge in [0.25, 0.3) is 0 Å². The Labute approximate surface area is 158 Å². The van der Waals surface area contributed by atoms with E-state index in [1.54, 1.807) is 36.3 Å². The highest BCUT2D eigenvalue weighted by atomic mass is 19.1. The zero-order valence-corrected chi connectivity index (χ0v) is 15.5. The highest BCUT2D eigenvalue weighted by Crippen LogP contribution is 2.16. The van der Waals surface area contributed by atoms with Gasteiger partial charge >= 0.3 is 0 Å². The topological polar surface area (TPSA) is 67.1 Å². The summed E-state index contributed by atoms with van der Waals surface area (Å²) in [5.41, 5.74) is 2.35. The number of guanidine groups is 1. The van der Waals surface area contributed by atoms with Crippen LogP contribution in [0, 0.1) is 12.7 Å². The summed E-state index contributed by atoms with van der Waals surface area (Å²) in [5.74, 6) is 1.13. The molecule has 0 aliphatic carbocycles. The van der Waals surface area contributed by atoms with Gasteiger partial charge in [-0.1, -0.05) is 12.1 Å². The Morgan fingerprint density at radius 3 is 2.70 bits per heavy atom. The Kier molecular flexibility index (Phi) is 6.14. The SMILES string of the molecule is CN=C(NCCc1ccccn1)NCc1ccc(-n2ccnc2C)c(F)c1. The monoisotopic (exact) mass is 366 g/mol. The molecule has 0 radical (unpaired) electrons. The predicted octanol–water partition coefficient (Wildman–Crippen LogP) is 2.62. The van der Waals surface area contributed by atoms with E-state index in [0.29, 0.717) is 24.7 Å². The van der Waals surface area contributed by atoms with Gasteiger partial charge in [0.15, 0.2) is 5.96 Å². The van der Waals surface area contributed by atoms with Crippen LogP contribution in [0.5, 0.6) is 0 Å². The highest BCUT2D eigenvalue weighted by Gasteiger charge is 2.08. The minimum absolute atomic E-state index is 0.284. The number of aryl methyl sites for hydroxylation is 1. The van der Waals surface area contributed by atoms with Gasteiger partial charge in [-0.3, -0.25) is 9.98 Å². The normalized spacial score (nSPS) is 11.4. The van der Waals surface area contributed by atoms with Gasteiger partial charge in [-0.15, -0.1) is 0 Å². The van der Waals surface area contributed by atoms with Gasteiger partial charge in [0.1, 0.15) is 11.6 Å². The standard InChI is InChI=1S/C20H23FN6/c1-15-23-11-12-27(15)19-7-6-16(13-18(19)21)14-26-20(22-2)25-10-8-17-5-3-4-9-24-17/h3-7,9,11-13H,8,10,14H2,1-2H3,(H2,22,25,26). The summed E-state index contributed by atoms with van der Waals surface area (Å²) in [4.78, 5) is 12.6. The van der Waals surface area contributed by atoms with E-state index < -0.39 is 0 Å². The third-order valence-electron chi connectivity index (χ3n) is 4.18. The van der Waals surface area contributed by atoms with Crippen LogP contribution in [0.15, 0.2) is 60.0 Å². The molecule has 0 bridgehead atoms. The van der Waals surface area contributed by atoms with E-state index in [0.717, 1.165) is 23.5 Å². The lowest BCUT2D eigenvalue weighted by Gasteiger charge is -2.13. The number of benzene rings is 1. The van der Waals surface area contributed by atoms with Crippen LogP contribution in [-0.4, -0.2) is 34.1 Å². The van der Waals surface area contributed by atoms with Crippen molar-refractivity contribution in [3.8, 4) is 5.69 Å². The quantitative estimate of drug-likeness (QED) is 0.520. The lowest BCUT2D eigenvalue weighted by Crippen LogP contribution is -2.37. The van der Waals surface area contributed by atoms with Crippen LogP contribution in [0.2, 0.25) is 0 Å². The van der Waals surface area contributed by atoms with E-state index in [1.807, 2.05) is 31.2 Å². The van der Waals surface area contributed by atoms with Crippen LogP contribution in [0.1, 0.15) is 17.1 Å². The Hall–Kier alpha value is -3.22. The van der Waals surface area contributed by atoms with Crippen molar-refractivity contribution in [3.05, 3.63) is 77.9 Å². The first-order valence-corrected chi connectivity index (χ1v) is 8.80. The third kappa shape index (κ3) is 4.91. The number of aliphatic imine (C=N–C) groups is 1. The Bertz CT molecular complexity index is 904. The zero-order valence-electron chi connectivity index (χ0n) is 15.5. The van der Waals surface area contributed by atoms with Crippen LogP contribution >= 0.6 is 0 Å². The maximum absolute atomic E-state index is 14.5. The molecule has 3 aromatic rings. The minimum atomic E-state index is -0.284. The van der Waals surface area contributed by atoms with E-state index in [-0.39, 0.29) is 5.82 Å². The summed E-state index contributed by atoms with van der Waals surface area (Å²) < 4.78 is 16.2. The van der Waals surface area contributed by atoms with E-state index in [4.69, 9.17) is 0 Å². The number of aromatic nitrogens is 3. The molecular weight excluding hydrogens is 343 g/mol. The van der Waals surface area contributed by atoms with Crippen molar-refractivity contribution in [2.45, 2.75) is 19.9 Å². The van der Waals surface area contributed by atoms with E-state index in [2.05, 4.69) is 25.6 Å². The van der Waals surface area contributed by atoms with Crippen LogP contribution in [0.4, 0.5) is 4.39 Å². The summed E-state index contributed by atoms with van der Waals surface area (Å²) in [5, 5.41) is 6.43. The van der Waals surface area contributed by atoms with Crippen LogP contribution in [-0.2, 0) is 13.0 Å². The average Bonchev–Trinajstić information content (AvgIpc) is 3.11. The molecule has 0 fully saturated rings. The number of rotatable bonds is 6. The fourth-order valence-corrected chi connectivity index (χ4v) is 2.75. The fraction of sp³-hybridized carbons (Fsp3) is 0.250. The summed E-state index contributed by atoms with van der Waals surface area (Å²) in [6.45, 7) is 3.03. The maximum Gasteiger partial charge on any atom is 0.191 e. The molecule has 0 aliphatic rings. The van der Waals surface area contributed by atoms with Crippen molar-refractivity contribution in [2.24, 2.45) is 4.99 Å². The average molecular weight is 366 g/mol. The molecule has 0 amide bonds. The molecular formula is C20H23FN6. The first kappa shape index (κ1) is 18.6. The summed E-state index contributed by atoms with van der Waals surface area (Å²) in [6, 6.07) is 11.0. The second kappa shape index (κ2) is 8.93. The van der Waals surface area contributed by atoms with Crippen LogP contribution < -0.4 is 10.6 Å². The van der Waals surface area contributed by atoms with Gasteiger partial charge < -0.3 is 15.2 Å². The van der Waals surface area contributed by atoms with Gasteiger partial charge in [-0.05, 0) is 36.8 Å². The maximum atomic E-state index is 14.5. The van der Waals surface area contributed by atoms with E-state index in [9.17, 15) is 4.39 Å².